The summed E-state index contributed by atoms with van der Waals surface area (Å²) in [4.78, 5) is 25.3. The van der Waals surface area contributed by atoms with E-state index in [0.717, 1.165) is 36.6 Å². The van der Waals surface area contributed by atoms with Crippen molar-refractivity contribution in [2.45, 2.75) is 38.8 Å². The first-order chi connectivity index (χ1) is 11.2. The number of amides is 2. The van der Waals surface area contributed by atoms with Crippen LogP contribution >= 0.6 is 12.4 Å². The molecule has 0 unspecified atom stereocenters. The van der Waals surface area contributed by atoms with Crippen molar-refractivity contribution in [3.8, 4) is 0 Å². The van der Waals surface area contributed by atoms with E-state index in [1.165, 1.54) is 12.8 Å². The van der Waals surface area contributed by atoms with Crippen molar-refractivity contribution in [2.75, 3.05) is 19.6 Å². The summed E-state index contributed by atoms with van der Waals surface area (Å²) in [7, 11) is 0. The lowest BCUT2D eigenvalue weighted by Crippen LogP contribution is -2.34. The highest BCUT2D eigenvalue weighted by Gasteiger charge is 2.21. The van der Waals surface area contributed by atoms with E-state index in [1.807, 2.05) is 29.2 Å². The van der Waals surface area contributed by atoms with Crippen LogP contribution in [-0.2, 0) is 22.7 Å². The summed E-state index contributed by atoms with van der Waals surface area (Å²) in [5.74, 6) is 1.08. The molecule has 1 aliphatic heterocycles. The van der Waals surface area contributed by atoms with Gasteiger partial charge in [0.05, 0.1) is 6.54 Å². The first-order valence-corrected chi connectivity index (χ1v) is 8.54. The van der Waals surface area contributed by atoms with E-state index in [2.05, 4.69) is 10.6 Å². The molecular weight excluding hydrogens is 326 g/mol. The minimum absolute atomic E-state index is 0. The Bertz CT molecular complexity index is 558. The molecule has 2 aliphatic rings. The van der Waals surface area contributed by atoms with Gasteiger partial charge in [0, 0.05) is 26.1 Å². The van der Waals surface area contributed by atoms with Crippen LogP contribution < -0.4 is 10.6 Å². The SMILES string of the molecule is Cl.O=C(CNCC1CC1)NCc1ccc(CN2CCCC2=O)cc1. The number of nitrogens with one attached hydrogen (secondary N) is 2. The van der Waals surface area contributed by atoms with Crippen molar-refractivity contribution in [3.05, 3.63) is 35.4 Å². The van der Waals surface area contributed by atoms with Crippen LogP contribution in [0.2, 0.25) is 0 Å². The number of carbonyl (C=O) groups excluding carboxylic acids is 2. The Kier molecular flexibility index (Phi) is 7.06. The van der Waals surface area contributed by atoms with Gasteiger partial charge in [-0.2, -0.15) is 0 Å². The zero-order valence-electron chi connectivity index (χ0n) is 13.9. The highest BCUT2D eigenvalue weighted by Crippen LogP contribution is 2.27. The molecule has 0 atom stereocenters. The lowest BCUT2D eigenvalue weighted by atomic mass is 10.1. The van der Waals surface area contributed by atoms with E-state index in [0.29, 0.717) is 26.1 Å². The summed E-state index contributed by atoms with van der Waals surface area (Å²) in [5.41, 5.74) is 2.22. The van der Waals surface area contributed by atoms with E-state index in [9.17, 15) is 9.59 Å². The second-order valence-electron chi connectivity index (χ2n) is 6.59. The lowest BCUT2D eigenvalue weighted by molar-refractivity contribution is -0.128. The monoisotopic (exact) mass is 351 g/mol. The van der Waals surface area contributed by atoms with E-state index < -0.39 is 0 Å². The summed E-state index contributed by atoms with van der Waals surface area (Å²) in [6.45, 7) is 3.46. The standard InChI is InChI=1S/C18H25N3O2.ClH/c22-17(12-19-10-14-3-4-14)20-11-15-5-7-16(8-6-15)13-21-9-1-2-18(21)23;/h5-8,14,19H,1-4,9-13H2,(H,20,22);1H. The maximum absolute atomic E-state index is 11.7. The molecule has 1 saturated heterocycles. The fraction of sp³-hybridized carbons (Fsp3) is 0.556. The molecule has 0 aromatic heterocycles. The van der Waals surface area contributed by atoms with Crippen LogP contribution in [0.1, 0.15) is 36.8 Å². The largest absolute Gasteiger partial charge is 0.351 e. The van der Waals surface area contributed by atoms with E-state index in [4.69, 9.17) is 0 Å². The van der Waals surface area contributed by atoms with Gasteiger partial charge in [0.2, 0.25) is 11.8 Å². The van der Waals surface area contributed by atoms with Gasteiger partial charge in [0.25, 0.3) is 0 Å². The molecule has 1 heterocycles. The number of rotatable bonds is 8. The van der Waals surface area contributed by atoms with Crippen molar-refractivity contribution >= 4 is 24.2 Å². The maximum Gasteiger partial charge on any atom is 0.234 e. The first kappa shape index (κ1) is 18.7. The first-order valence-electron chi connectivity index (χ1n) is 8.54. The minimum Gasteiger partial charge on any atom is -0.351 e. The average molecular weight is 352 g/mol. The smallest absolute Gasteiger partial charge is 0.234 e. The van der Waals surface area contributed by atoms with Gasteiger partial charge in [-0.25, -0.2) is 0 Å². The molecule has 0 spiro atoms. The number of hydrogen-bond donors (Lipinski definition) is 2. The van der Waals surface area contributed by atoms with Gasteiger partial charge in [-0.1, -0.05) is 24.3 Å². The average Bonchev–Trinajstić information content (AvgIpc) is 3.29. The molecule has 0 bridgehead atoms. The molecule has 1 aromatic rings. The quantitative estimate of drug-likeness (QED) is 0.751. The number of halogens is 1. The van der Waals surface area contributed by atoms with Crippen LogP contribution in [0.3, 0.4) is 0 Å². The highest BCUT2D eigenvalue weighted by atomic mass is 35.5. The number of carbonyl (C=O) groups is 2. The molecule has 1 aliphatic carbocycles. The van der Waals surface area contributed by atoms with Gasteiger partial charge >= 0.3 is 0 Å². The van der Waals surface area contributed by atoms with Crippen molar-refractivity contribution in [2.24, 2.45) is 5.92 Å². The van der Waals surface area contributed by atoms with Crippen molar-refractivity contribution < 1.29 is 9.59 Å². The second kappa shape index (κ2) is 9.04. The third-order valence-corrected chi connectivity index (χ3v) is 4.47. The van der Waals surface area contributed by atoms with Crippen LogP contribution in [0.5, 0.6) is 0 Å². The molecule has 1 aromatic carbocycles. The fourth-order valence-electron chi connectivity index (χ4n) is 2.83. The van der Waals surface area contributed by atoms with Crippen molar-refractivity contribution in [1.82, 2.24) is 15.5 Å². The topological polar surface area (TPSA) is 61.4 Å². The molecule has 2 fully saturated rings. The third-order valence-electron chi connectivity index (χ3n) is 4.47. The molecule has 2 N–H and O–H groups in total. The summed E-state index contributed by atoms with van der Waals surface area (Å²) in [6, 6.07) is 8.12. The van der Waals surface area contributed by atoms with Gasteiger partial charge in [-0.05, 0) is 42.9 Å². The van der Waals surface area contributed by atoms with E-state index >= 15 is 0 Å². The van der Waals surface area contributed by atoms with E-state index in [1.54, 1.807) is 0 Å². The molecule has 3 rings (SSSR count). The number of hydrogen-bond acceptors (Lipinski definition) is 3. The zero-order valence-corrected chi connectivity index (χ0v) is 14.7. The zero-order chi connectivity index (χ0) is 16.1. The normalized spacial score (nSPS) is 16.8. The van der Waals surface area contributed by atoms with Crippen LogP contribution in [0.15, 0.2) is 24.3 Å². The molecule has 2 amide bonds. The highest BCUT2D eigenvalue weighted by molar-refractivity contribution is 5.85. The summed E-state index contributed by atoms with van der Waals surface area (Å²) >= 11 is 0. The lowest BCUT2D eigenvalue weighted by Gasteiger charge is -2.15. The second-order valence-corrected chi connectivity index (χ2v) is 6.59. The molecule has 0 radical (unpaired) electrons. The van der Waals surface area contributed by atoms with Crippen LogP contribution in [-0.4, -0.2) is 36.3 Å². The molecule has 132 valence electrons. The Morgan fingerprint density at radius 3 is 2.50 bits per heavy atom. The fourth-order valence-corrected chi connectivity index (χ4v) is 2.83. The Morgan fingerprint density at radius 2 is 1.88 bits per heavy atom. The predicted octanol–water partition coefficient (Wildman–Crippen LogP) is 1.85. The van der Waals surface area contributed by atoms with Gasteiger partial charge < -0.3 is 15.5 Å². The number of likely N-dealkylation sites (tertiary alicyclic amines) is 1. The molecule has 1 saturated carbocycles. The van der Waals surface area contributed by atoms with Crippen LogP contribution in [0.4, 0.5) is 0 Å². The number of benzene rings is 1. The minimum atomic E-state index is 0. The van der Waals surface area contributed by atoms with Gasteiger partial charge in [0.15, 0.2) is 0 Å². The summed E-state index contributed by atoms with van der Waals surface area (Å²) in [6.07, 6.45) is 4.24. The van der Waals surface area contributed by atoms with Gasteiger partial charge in [-0.15, -0.1) is 12.4 Å². The summed E-state index contributed by atoms with van der Waals surface area (Å²) < 4.78 is 0. The maximum atomic E-state index is 11.7. The van der Waals surface area contributed by atoms with Crippen LogP contribution in [0.25, 0.3) is 0 Å². The molecule has 5 nitrogen and oxygen atoms in total. The Morgan fingerprint density at radius 1 is 1.17 bits per heavy atom. The Hall–Kier alpha value is -1.59. The molecule has 6 heteroatoms. The van der Waals surface area contributed by atoms with E-state index in [-0.39, 0.29) is 24.2 Å². The van der Waals surface area contributed by atoms with Gasteiger partial charge in [0.1, 0.15) is 0 Å². The molecular formula is C18H26ClN3O2. The predicted molar refractivity (Wildman–Crippen MR) is 95.8 cm³/mol. The molecule has 24 heavy (non-hydrogen) atoms. The van der Waals surface area contributed by atoms with Crippen molar-refractivity contribution in [3.63, 3.8) is 0 Å². The Labute approximate surface area is 149 Å². The Balaban J connectivity index is 0.00000208. The van der Waals surface area contributed by atoms with Gasteiger partial charge in [-0.3, -0.25) is 9.59 Å². The number of nitrogens with zero attached hydrogens (tertiary/aromatic N) is 1. The van der Waals surface area contributed by atoms with Crippen LogP contribution in [0, 0.1) is 5.92 Å². The van der Waals surface area contributed by atoms with Crippen molar-refractivity contribution in [1.29, 1.82) is 0 Å². The summed E-state index contributed by atoms with van der Waals surface area (Å²) in [5, 5.41) is 6.11. The third kappa shape index (κ3) is 5.80.